The minimum atomic E-state index is -0.750. The summed E-state index contributed by atoms with van der Waals surface area (Å²) in [7, 11) is 0. The Morgan fingerprint density at radius 2 is 1.88 bits per heavy atom. The third-order valence-electron chi connectivity index (χ3n) is 3.26. The number of para-hydroxylation sites is 1. The van der Waals surface area contributed by atoms with Gasteiger partial charge < -0.3 is 13.9 Å². The highest BCUT2D eigenvalue weighted by atomic mass is 16.7. The van der Waals surface area contributed by atoms with Gasteiger partial charge in [0.15, 0.2) is 0 Å². The first-order chi connectivity index (χ1) is 11.7. The average Bonchev–Trinajstić information content (AvgIpc) is 2.60. The van der Waals surface area contributed by atoms with E-state index in [9.17, 15) is 9.59 Å². The molecule has 0 saturated heterocycles. The molecule has 0 radical (unpaired) electrons. The maximum Gasteiger partial charge on any atom is 0.513 e. The predicted molar refractivity (Wildman–Crippen MR) is 88.0 cm³/mol. The van der Waals surface area contributed by atoms with Crippen molar-refractivity contribution < 1.29 is 18.7 Å². The first-order valence-corrected chi connectivity index (χ1v) is 7.52. The van der Waals surface area contributed by atoms with Crippen molar-refractivity contribution in [2.45, 2.75) is 13.3 Å². The second-order valence-corrected chi connectivity index (χ2v) is 5.05. The largest absolute Gasteiger partial charge is 0.513 e. The van der Waals surface area contributed by atoms with E-state index in [1.165, 1.54) is 0 Å². The average molecular weight is 325 g/mol. The van der Waals surface area contributed by atoms with E-state index in [2.05, 4.69) is 4.98 Å². The van der Waals surface area contributed by atoms with Gasteiger partial charge >= 0.3 is 11.8 Å². The molecule has 0 amide bonds. The Bertz CT molecular complexity index is 915. The van der Waals surface area contributed by atoms with Gasteiger partial charge in [-0.15, -0.1) is 0 Å². The minimum absolute atomic E-state index is 0.207. The maximum absolute atomic E-state index is 12.0. The molecule has 0 aliphatic carbocycles. The van der Waals surface area contributed by atoms with Crippen molar-refractivity contribution >= 4 is 17.1 Å². The topological polar surface area (TPSA) is 78.6 Å². The second-order valence-electron chi connectivity index (χ2n) is 5.05. The molecule has 0 unspecified atom stereocenters. The van der Waals surface area contributed by atoms with E-state index in [1.54, 1.807) is 48.5 Å². The van der Waals surface area contributed by atoms with Crippen LogP contribution in [0.1, 0.15) is 13.3 Å². The summed E-state index contributed by atoms with van der Waals surface area (Å²) in [6, 6.07) is 13.4. The van der Waals surface area contributed by atoms with Crippen molar-refractivity contribution in [1.29, 1.82) is 0 Å². The lowest BCUT2D eigenvalue weighted by Gasteiger charge is -2.05. The lowest BCUT2D eigenvalue weighted by Crippen LogP contribution is -2.10. The van der Waals surface area contributed by atoms with Gasteiger partial charge in [0, 0.05) is 5.56 Å². The van der Waals surface area contributed by atoms with E-state index in [0.29, 0.717) is 28.8 Å². The summed E-state index contributed by atoms with van der Waals surface area (Å²) in [5, 5.41) is 0.430. The van der Waals surface area contributed by atoms with E-state index in [4.69, 9.17) is 13.9 Å². The van der Waals surface area contributed by atoms with Crippen LogP contribution in [0.25, 0.3) is 22.4 Å². The summed E-state index contributed by atoms with van der Waals surface area (Å²) in [4.78, 5) is 27.7. The van der Waals surface area contributed by atoms with Crippen LogP contribution in [-0.4, -0.2) is 17.7 Å². The van der Waals surface area contributed by atoms with Crippen molar-refractivity contribution in [2.75, 3.05) is 6.61 Å². The summed E-state index contributed by atoms with van der Waals surface area (Å²) in [6.07, 6.45) is -0.0271. The summed E-state index contributed by atoms with van der Waals surface area (Å²) >= 11 is 0. The third-order valence-corrected chi connectivity index (χ3v) is 3.26. The number of ether oxygens (including phenoxy) is 2. The highest BCUT2D eigenvalue weighted by Crippen LogP contribution is 2.21. The van der Waals surface area contributed by atoms with Gasteiger partial charge in [-0.1, -0.05) is 19.1 Å². The van der Waals surface area contributed by atoms with Crippen molar-refractivity contribution in [2.24, 2.45) is 0 Å². The Morgan fingerprint density at radius 1 is 1.12 bits per heavy atom. The molecule has 6 nitrogen and oxygen atoms in total. The van der Waals surface area contributed by atoms with Crippen LogP contribution in [0.15, 0.2) is 57.7 Å². The molecule has 0 spiro atoms. The SMILES string of the molecule is CCCOC(=O)Oc1ccc(-c2nc3ccccc3c(=O)o2)cc1. The Morgan fingerprint density at radius 3 is 2.62 bits per heavy atom. The third kappa shape index (κ3) is 3.43. The molecule has 0 aliphatic rings. The standard InChI is InChI=1S/C18H15NO5/c1-2-11-22-18(21)23-13-9-7-12(8-10-13)16-19-15-6-4-3-5-14(15)17(20)24-16/h3-10H,2,11H2,1H3. The molecule has 2 aromatic carbocycles. The first kappa shape index (κ1) is 15.7. The van der Waals surface area contributed by atoms with E-state index < -0.39 is 11.8 Å². The number of benzene rings is 2. The molecule has 0 saturated carbocycles. The number of carbonyl (C=O) groups excluding carboxylic acids is 1. The lowest BCUT2D eigenvalue weighted by atomic mass is 10.2. The predicted octanol–water partition coefficient (Wildman–Crippen LogP) is 3.78. The van der Waals surface area contributed by atoms with Gasteiger partial charge in [0.2, 0.25) is 5.89 Å². The highest BCUT2D eigenvalue weighted by Gasteiger charge is 2.10. The summed E-state index contributed by atoms with van der Waals surface area (Å²) in [5.74, 6) is 0.543. The molecule has 0 N–H and O–H groups in total. The van der Waals surface area contributed by atoms with Gasteiger partial charge in [-0.05, 0) is 42.8 Å². The Labute approximate surface area is 137 Å². The van der Waals surface area contributed by atoms with Crippen molar-refractivity contribution in [3.63, 3.8) is 0 Å². The zero-order valence-electron chi connectivity index (χ0n) is 13.0. The fraction of sp³-hybridized carbons (Fsp3) is 0.167. The number of nitrogens with zero attached hydrogens (tertiary/aromatic N) is 1. The monoisotopic (exact) mass is 325 g/mol. The number of carbonyl (C=O) groups is 1. The molecule has 24 heavy (non-hydrogen) atoms. The second kappa shape index (κ2) is 6.95. The fourth-order valence-corrected chi connectivity index (χ4v) is 2.12. The van der Waals surface area contributed by atoms with E-state index >= 15 is 0 Å². The van der Waals surface area contributed by atoms with E-state index in [0.717, 1.165) is 6.42 Å². The Hall–Kier alpha value is -3.15. The zero-order chi connectivity index (χ0) is 16.9. The summed E-state index contributed by atoms with van der Waals surface area (Å²) in [5.41, 5.74) is 0.721. The zero-order valence-corrected chi connectivity index (χ0v) is 13.0. The fourth-order valence-electron chi connectivity index (χ4n) is 2.12. The van der Waals surface area contributed by atoms with Gasteiger partial charge in [0.05, 0.1) is 17.5 Å². The summed E-state index contributed by atoms with van der Waals surface area (Å²) < 4.78 is 15.1. The molecule has 1 aromatic heterocycles. The highest BCUT2D eigenvalue weighted by molar-refractivity contribution is 5.78. The number of aromatic nitrogens is 1. The Kier molecular flexibility index (Phi) is 4.56. The number of hydrogen-bond donors (Lipinski definition) is 0. The van der Waals surface area contributed by atoms with Crippen LogP contribution >= 0.6 is 0 Å². The number of hydrogen-bond acceptors (Lipinski definition) is 6. The van der Waals surface area contributed by atoms with Gasteiger partial charge in [-0.3, -0.25) is 0 Å². The van der Waals surface area contributed by atoms with Gasteiger partial charge in [-0.2, -0.15) is 0 Å². The van der Waals surface area contributed by atoms with Crippen LogP contribution in [0.5, 0.6) is 5.75 Å². The maximum atomic E-state index is 12.0. The molecule has 0 atom stereocenters. The van der Waals surface area contributed by atoms with Gasteiger partial charge in [-0.25, -0.2) is 14.6 Å². The van der Waals surface area contributed by atoms with Crippen LogP contribution in [0, 0.1) is 0 Å². The quantitative estimate of drug-likeness (QED) is 0.536. The minimum Gasteiger partial charge on any atom is -0.434 e. The van der Waals surface area contributed by atoms with Crippen molar-refractivity contribution in [3.8, 4) is 17.2 Å². The van der Waals surface area contributed by atoms with Crippen LogP contribution < -0.4 is 10.4 Å². The van der Waals surface area contributed by atoms with Crippen LogP contribution in [0.4, 0.5) is 4.79 Å². The van der Waals surface area contributed by atoms with Crippen LogP contribution in [0.2, 0.25) is 0 Å². The number of fused-ring (bicyclic) bond motifs is 1. The molecule has 6 heteroatoms. The molecule has 0 aliphatic heterocycles. The molecule has 0 bridgehead atoms. The van der Waals surface area contributed by atoms with E-state index in [-0.39, 0.29) is 5.89 Å². The molecule has 1 heterocycles. The first-order valence-electron chi connectivity index (χ1n) is 7.52. The van der Waals surface area contributed by atoms with Crippen molar-refractivity contribution in [1.82, 2.24) is 4.98 Å². The molecule has 122 valence electrons. The van der Waals surface area contributed by atoms with Crippen molar-refractivity contribution in [3.05, 3.63) is 59.0 Å². The molecular formula is C18H15NO5. The number of rotatable bonds is 4. The molecule has 3 rings (SSSR count). The molecule has 0 fully saturated rings. The van der Waals surface area contributed by atoms with Gasteiger partial charge in [0.25, 0.3) is 0 Å². The smallest absolute Gasteiger partial charge is 0.434 e. The van der Waals surface area contributed by atoms with Crippen LogP contribution in [0.3, 0.4) is 0 Å². The van der Waals surface area contributed by atoms with Gasteiger partial charge in [0.1, 0.15) is 5.75 Å². The molecule has 3 aromatic rings. The lowest BCUT2D eigenvalue weighted by molar-refractivity contribution is 0.0992. The molecular weight excluding hydrogens is 310 g/mol. The van der Waals surface area contributed by atoms with E-state index in [1.807, 2.05) is 6.92 Å². The van der Waals surface area contributed by atoms with Crippen LogP contribution in [-0.2, 0) is 4.74 Å². The normalized spacial score (nSPS) is 10.5. The Balaban J connectivity index is 1.83. The summed E-state index contributed by atoms with van der Waals surface area (Å²) in [6.45, 7) is 2.20.